The third-order valence-corrected chi connectivity index (χ3v) is 3.01. The van der Waals surface area contributed by atoms with E-state index in [1.54, 1.807) is 0 Å². The van der Waals surface area contributed by atoms with Crippen LogP contribution in [0.3, 0.4) is 0 Å². The van der Waals surface area contributed by atoms with Crippen molar-refractivity contribution in [2.75, 3.05) is 0 Å². The maximum atomic E-state index is 11.5. The lowest BCUT2D eigenvalue weighted by molar-refractivity contribution is -0.138. The van der Waals surface area contributed by atoms with Gasteiger partial charge in [-0.05, 0) is 18.8 Å². The summed E-state index contributed by atoms with van der Waals surface area (Å²) in [6, 6.07) is -0.701. The van der Waals surface area contributed by atoms with Gasteiger partial charge < -0.3 is 0 Å². The van der Waals surface area contributed by atoms with Crippen LogP contribution in [0, 0.1) is 11.3 Å². The van der Waals surface area contributed by atoms with Crippen LogP contribution in [0.15, 0.2) is 0 Å². The van der Waals surface area contributed by atoms with E-state index in [1.165, 1.54) is 0 Å². The molecule has 0 radical (unpaired) electrons. The molecule has 1 saturated carbocycles. The molecule has 1 heterocycles. The molecule has 0 bridgehead atoms. The van der Waals surface area contributed by atoms with Gasteiger partial charge in [0.25, 0.3) is 0 Å². The van der Waals surface area contributed by atoms with Gasteiger partial charge in [0, 0.05) is 0 Å². The minimum Gasteiger partial charge on any atom is -0.277 e. The fourth-order valence-corrected chi connectivity index (χ4v) is 2.15. The molecule has 1 saturated heterocycles. The molecule has 14 heavy (non-hydrogen) atoms. The summed E-state index contributed by atoms with van der Waals surface area (Å²) in [6.07, 6.45) is 2.38. The second-order valence-corrected chi connectivity index (χ2v) is 3.90. The van der Waals surface area contributed by atoms with Crippen molar-refractivity contribution < 1.29 is 14.4 Å². The van der Waals surface area contributed by atoms with E-state index in [1.807, 2.05) is 6.92 Å². The molecule has 4 amide bonds. The van der Waals surface area contributed by atoms with Crippen molar-refractivity contribution in [2.45, 2.75) is 26.2 Å². The average molecular weight is 196 g/mol. The standard InChI is InChI=1S/C9H12N2O3/c1-2-3-5-4-9(5)6(12)10-8(14)11-7(9)13/h5H,2-4H2,1H3,(H2,10,11,12,13,14). The highest BCUT2D eigenvalue weighted by atomic mass is 16.2. The maximum Gasteiger partial charge on any atom is 0.328 e. The number of carbonyl (C=O) groups excluding carboxylic acids is 3. The average Bonchev–Trinajstić information content (AvgIpc) is 2.78. The SMILES string of the molecule is CCCC1CC12C(=O)NC(=O)NC2=O. The van der Waals surface area contributed by atoms with E-state index in [-0.39, 0.29) is 5.92 Å². The highest BCUT2D eigenvalue weighted by Crippen LogP contribution is 2.56. The zero-order valence-corrected chi connectivity index (χ0v) is 7.92. The Bertz CT molecular complexity index is 304. The Morgan fingerprint density at radius 2 is 1.86 bits per heavy atom. The van der Waals surface area contributed by atoms with E-state index in [2.05, 4.69) is 10.6 Å². The van der Waals surface area contributed by atoms with Crippen LogP contribution in [0.1, 0.15) is 26.2 Å². The molecule has 0 aromatic heterocycles. The Balaban J connectivity index is 2.16. The summed E-state index contributed by atoms with van der Waals surface area (Å²) in [7, 11) is 0. The van der Waals surface area contributed by atoms with Crippen LogP contribution >= 0.6 is 0 Å². The fraction of sp³-hybridized carbons (Fsp3) is 0.667. The molecule has 76 valence electrons. The van der Waals surface area contributed by atoms with Gasteiger partial charge in [-0.2, -0.15) is 0 Å². The zero-order valence-electron chi connectivity index (χ0n) is 7.92. The van der Waals surface area contributed by atoms with Crippen molar-refractivity contribution in [3.05, 3.63) is 0 Å². The smallest absolute Gasteiger partial charge is 0.277 e. The molecule has 0 aromatic rings. The van der Waals surface area contributed by atoms with Crippen molar-refractivity contribution in [1.82, 2.24) is 10.6 Å². The zero-order chi connectivity index (χ0) is 10.3. The minimum atomic E-state index is -0.927. The summed E-state index contributed by atoms with van der Waals surface area (Å²) in [5.41, 5.74) is -0.927. The van der Waals surface area contributed by atoms with Gasteiger partial charge in [-0.15, -0.1) is 0 Å². The number of rotatable bonds is 2. The molecule has 2 rings (SSSR count). The number of barbiturate groups is 1. The summed E-state index contributed by atoms with van der Waals surface area (Å²) < 4.78 is 0. The first-order chi connectivity index (χ1) is 6.61. The van der Waals surface area contributed by atoms with Gasteiger partial charge in [-0.25, -0.2) is 4.79 Å². The van der Waals surface area contributed by atoms with Crippen LogP contribution in [0.25, 0.3) is 0 Å². The number of urea groups is 1. The van der Waals surface area contributed by atoms with Gasteiger partial charge in [0.1, 0.15) is 5.41 Å². The number of hydrogen-bond donors (Lipinski definition) is 2. The van der Waals surface area contributed by atoms with Crippen LogP contribution in [0.2, 0.25) is 0 Å². The lowest BCUT2D eigenvalue weighted by Crippen LogP contribution is -2.57. The Hall–Kier alpha value is -1.39. The van der Waals surface area contributed by atoms with Gasteiger partial charge in [-0.3, -0.25) is 20.2 Å². The number of amides is 4. The summed E-state index contributed by atoms with van der Waals surface area (Å²) in [4.78, 5) is 33.8. The molecule has 2 N–H and O–H groups in total. The lowest BCUT2D eigenvalue weighted by atomic mass is 9.97. The van der Waals surface area contributed by atoms with Gasteiger partial charge in [0.2, 0.25) is 11.8 Å². The predicted molar refractivity (Wildman–Crippen MR) is 47.1 cm³/mol. The first-order valence-corrected chi connectivity index (χ1v) is 4.78. The highest BCUT2D eigenvalue weighted by molar-refractivity contribution is 6.21. The van der Waals surface area contributed by atoms with Gasteiger partial charge in [-0.1, -0.05) is 13.3 Å². The molecule has 5 nitrogen and oxygen atoms in total. The van der Waals surface area contributed by atoms with E-state index in [0.717, 1.165) is 12.8 Å². The first-order valence-electron chi connectivity index (χ1n) is 4.78. The molecule has 1 spiro atoms. The molecule has 1 aliphatic carbocycles. The van der Waals surface area contributed by atoms with Crippen molar-refractivity contribution in [3.8, 4) is 0 Å². The normalized spacial score (nSPS) is 28.6. The van der Waals surface area contributed by atoms with Crippen molar-refractivity contribution in [2.24, 2.45) is 11.3 Å². The highest BCUT2D eigenvalue weighted by Gasteiger charge is 2.66. The minimum absolute atomic E-state index is 0.112. The Kier molecular flexibility index (Phi) is 1.83. The number of nitrogens with one attached hydrogen (secondary N) is 2. The first kappa shape index (κ1) is 9.18. The van der Waals surface area contributed by atoms with Crippen LogP contribution in [-0.4, -0.2) is 17.8 Å². The number of carbonyl (C=O) groups is 3. The molecule has 5 heteroatoms. The Morgan fingerprint density at radius 3 is 2.36 bits per heavy atom. The molecule has 2 aliphatic rings. The quantitative estimate of drug-likeness (QED) is 0.618. The summed E-state index contributed by atoms with van der Waals surface area (Å²) in [6.45, 7) is 2.01. The van der Waals surface area contributed by atoms with Crippen molar-refractivity contribution in [1.29, 1.82) is 0 Å². The van der Waals surface area contributed by atoms with Crippen molar-refractivity contribution in [3.63, 3.8) is 0 Å². The Labute approximate surface area is 81.2 Å². The van der Waals surface area contributed by atoms with Gasteiger partial charge in [0.15, 0.2) is 0 Å². The van der Waals surface area contributed by atoms with Gasteiger partial charge in [0.05, 0.1) is 0 Å². The van der Waals surface area contributed by atoms with Crippen LogP contribution in [0.4, 0.5) is 4.79 Å². The molecular formula is C9H12N2O3. The molecule has 1 aliphatic heterocycles. The van der Waals surface area contributed by atoms with E-state index in [4.69, 9.17) is 0 Å². The maximum absolute atomic E-state index is 11.5. The predicted octanol–water partition coefficient (Wildman–Crippen LogP) is 0.159. The Morgan fingerprint density at radius 1 is 1.29 bits per heavy atom. The fourth-order valence-electron chi connectivity index (χ4n) is 2.15. The topological polar surface area (TPSA) is 75.3 Å². The van der Waals surface area contributed by atoms with E-state index in [0.29, 0.717) is 6.42 Å². The van der Waals surface area contributed by atoms with Crippen LogP contribution < -0.4 is 10.6 Å². The van der Waals surface area contributed by atoms with E-state index in [9.17, 15) is 14.4 Å². The largest absolute Gasteiger partial charge is 0.328 e. The molecule has 2 fully saturated rings. The number of hydrogen-bond acceptors (Lipinski definition) is 3. The second-order valence-electron chi connectivity index (χ2n) is 3.90. The van der Waals surface area contributed by atoms with Crippen molar-refractivity contribution >= 4 is 17.8 Å². The molecule has 0 aromatic carbocycles. The van der Waals surface area contributed by atoms with Gasteiger partial charge >= 0.3 is 6.03 Å². The summed E-state index contributed by atoms with van der Waals surface area (Å²) in [5.74, 6) is -0.741. The molecule has 1 atom stereocenters. The summed E-state index contributed by atoms with van der Waals surface area (Å²) >= 11 is 0. The second kappa shape index (κ2) is 2.80. The van der Waals surface area contributed by atoms with Crippen LogP contribution in [0.5, 0.6) is 0 Å². The third kappa shape index (κ3) is 1.05. The number of imide groups is 2. The van der Waals surface area contributed by atoms with Crippen LogP contribution in [-0.2, 0) is 9.59 Å². The van der Waals surface area contributed by atoms with E-state index >= 15 is 0 Å². The lowest BCUT2D eigenvalue weighted by Gasteiger charge is -2.21. The third-order valence-electron chi connectivity index (χ3n) is 3.01. The molecule has 1 unspecified atom stereocenters. The summed E-state index contributed by atoms with van der Waals surface area (Å²) in [5, 5.41) is 4.28. The monoisotopic (exact) mass is 196 g/mol. The molecular weight excluding hydrogens is 184 g/mol. The van der Waals surface area contributed by atoms with E-state index < -0.39 is 23.3 Å².